The van der Waals surface area contributed by atoms with Crippen LogP contribution in [0.1, 0.15) is 56.3 Å². The van der Waals surface area contributed by atoms with Crippen LogP contribution < -0.4 is 4.74 Å². The zero-order valence-electron chi connectivity index (χ0n) is 12.2. The van der Waals surface area contributed by atoms with Crippen LogP contribution in [0.3, 0.4) is 0 Å². The lowest BCUT2D eigenvalue weighted by Crippen LogP contribution is -2.41. The lowest BCUT2D eigenvalue weighted by Gasteiger charge is -2.41. The lowest BCUT2D eigenvalue weighted by molar-refractivity contribution is -0.142. The Balaban J connectivity index is 1.93. The van der Waals surface area contributed by atoms with Gasteiger partial charge >= 0.3 is 0 Å². The minimum Gasteiger partial charge on any atom is -0.493 e. The van der Waals surface area contributed by atoms with E-state index in [-0.39, 0.29) is 0 Å². The molecule has 1 heterocycles. The summed E-state index contributed by atoms with van der Waals surface area (Å²) < 4.78 is 11.8. The molecule has 2 aliphatic rings. The van der Waals surface area contributed by atoms with Gasteiger partial charge in [-0.1, -0.05) is 37.5 Å². The number of ether oxygens (including phenoxy) is 2. The summed E-state index contributed by atoms with van der Waals surface area (Å²) in [4.78, 5) is 0. The molecule has 0 bridgehead atoms. The molecular formula is C17H24O3. The van der Waals surface area contributed by atoms with Crippen molar-refractivity contribution in [2.45, 2.75) is 57.2 Å². The fourth-order valence-corrected chi connectivity index (χ4v) is 3.67. The molecule has 3 nitrogen and oxygen atoms in total. The fourth-order valence-electron chi connectivity index (χ4n) is 3.67. The number of hydrogen-bond donors (Lipinski definition) is 1. The molecular weight excluding hydrogens is 252 g/mol. The molecule has 1 fully saturated rings. The van der Waals surface area contributed by atoms with Crippen LogP contribution in [0.15, 0.2) is 18.2 Å². The second kappa shape index (κ2) is 5.74. The Morgan fingerprint density at radius 1 is 1.30 bits per heavy atom. The molecule has 3 heteroatoms. The minimum atomic E-state index is -0.587. The first kappa shape index (κ1) is 13.9. The Bertz CT molecular complexity index is 458. The summed E-state index contributed by atoms with van der Waals surface area (Å²) >= 11 is 0. The van der Waals surface area contributed by atoms with Gasteiger partial charge in [0.05, 0.1) is 12.2 Å². The van der Waals surface area contributed by atoms with Crippen molar-refractivity contribution in [3.05, 3.63) is 29.3 Å². The molecule has 0 spiro atoms. The van der Waals surface area contributed by atoms with Crippen LogP contribution in [0.25, 0.3) is 0 Å². The zero-order valence-corrected chi connectivity index (χ0v) is 12.2. The summed E-state index contributed by atoms with van der Waals surface area (Å²) in [5, 5.41) is 11.0. The van der Waals surface area contributed by atoms with Gasteiger partial charge in [0.1, 0.15) is 11.9 Å². The van der Waals surface area contributed by atoms with Crippen LogP contribution in [0.4, 0.5) is 0 Å². The van der Waals surface area contributed by atoms with Gasteiger partial charge in [0, 0.05) is 18.6 Å². The van der Waals surface area contributed by atoms with Gasteiger partial charge in [-0.2, -0.15) is 0 Å². The molecule has 1 aliphatic carbocycles. The normalized spacial score (nSPS) is 22.1. The smallest absolute Gasteiger partial charge is 0.128 e. The second-order valence-corrected chi connectivity index (χ2v) is 5.89. The van der Waals surface area contributed by atoms with Crippen molar-refractivity contribution in [1.29, 1.82) is 0 Å². The largest absolute Gasteiger partial charge is 0.493 e. The monoisotopic (exact) mass is 276 g/mol. The Hall–Kier alpha value is -1.06. The quantitative estimate of drug-likeness (QED) is 0.916. The van der Waals surface area contributed by atoms with E-state index >= 15 is 0 Å². The minimum absolute atomic E-state index is 0.423. The van der Waals surface area contributed by atoms with Gasteiger partial charge in [0.15, 0.2) is 0 Å². The number of para-hydroxylation sites is 1. The molecule has 0 radical (unpaired) electrons. The Morgan fingerprint density at radius 2 is 2.10 bits per heavy atom. The molecule has 1 unspecified atom stereocenters. The number of aliphatic hydroxyl groups excluding tert-OH is 1. The molecule has 110 valence electrons. The standard InChI is InChI=1S/C17H24O3/c1-2-20-17(10-4-3-5-11-17)16(18)14-8-6-7-13-9-12-19-15(13)14/h6-8,16,18H,2-5,9-12H2,1H3. The van der Waals surface area contributed by atoms with Gasteiger partial charge in [-0.3, -0.25) is 0 Å². The topological polar surface area (TPSA) is 38.7 Å². The van der Waals surface area contributed by atoms with Gasteiger partial charge in [0.25, 0.3) is 0 Å². The van der Waals surface area contributed by atoms with Crippen LogP contribution in [-0.2, 0) is 11.2 Å². The van der Waals surface area contributed by atoms with Crippen molar-refractivity contribution in [3.63, 3.8) is 0 Å². The third-order valence-electron chi connectivity index (χ3n) is 4.67. The predicted octanol–water partition coefficient (Wildman–Crippen LogP) is 3.39. The van der Waals surface area contributed by atoms with Crippen LogP contribution in [0, 0.1) is 0 Å². The molecule has 3 rings (SSSR count). The highest BCUT2D eigenvalue weighted by atomic mass is 16.5. The summed E-state index contributed by atoms with van der Waals surface area (Å²) in [7, 11) is 0. The van der Waals surface area contributed by atoms with Crippen LogP contribution in [0.2, 0.25) is 0 Å². The maximum absolute atomic E-state index is 11.0. The highest BCUT2D eigenvalue weighted by Gasteiger charge is 2.42. The summed E-state index contributed by atoms with van der Waals surface area (Å²) in [5.41, 5.74) is 1.70. The molecule has 1 atom stereocenters. The first-order valence-electron chi connectivity index (χ1n) is 7.83. The van der Waals surface area contributed by atoms with E-state index in [2.05, 4.69) is 6.07 Å². The Morgan fingerprint density at radius 3 is 2.85 bits per heavy atom. The van der Waals surface area contributed by atoms with Gasteiger partial charge < -0.3 is 14.6 Å². The summed E-state index contributed by atoms with van der Waals surface area (Å²) in [6.45, 7) is 3.38. The van der Waals surface area contributed by atoms with E-state index in [4.69, 9.17) is 9.47 Å². The summed E-state index contributed by atoms with van der Waals surface area (Å²) in [5.74, 6) is 0.893. The third-order valence-corrected chi connectivity index (χ3v) is 4.67. The van der Waals surface area contributed by atoms with Crippen molar-refractivity contribution in [1.82, 2.24) is 0 Å². The Labute approximate surface area is 120 Å². The van der Waals surface area contributed by atoms with E-state index in [1.165, 1.54) is 12.0 Å². The average molecular weight is 276 g/mol. The van der Waals surface area contributed by atoms with Gasteiger partial charge in [-0.15, -0.1) is 0 Å². The van der Waals surface area contributed by atoms with E-state index in [0.29, 0.717) is 6.61 Å². The predicted molar refractivity (Wildman–Crippen MR) is 78.0 cm³/mol. The number of rotatable bonds is 4. The van der Waals surface area contributed by atoms with Crippen LogP contribution in [-0.4, -0.2) is 23.9 Å². The highest BCUT2D eigenvalue weighted by molar-refractivity contribution is 5.46. The van der Waals surface area contributed by atoms with Crippen LogP contribution >= 0.6 is 0 Å². The maximum Gasteiger partial charge on any atom is 0.128 e. The zero-order chi connectivity index (χ0) is 14.0. The van der Waals surface area contributed by atoms with Crippen molar-refractivity contribution in [2.75, 3.05) is 13.2 Å². The van der Waals surface area contributed by atoms with Crippen LogP contribution in [0.5, 0.6) is 5.75 Å². The molecule has 1 N–H and O–H groups in total. The number of benzene rings is 1. The van der Waals surface area contributed by atoms with Gasteiger partial charge in [-0.25, -0.2) is 0 Å². The van der Waals surface area contributed by atoms with E-state index in [1.807, 2.05) is 19.1 Å². The molecule has 1 aromatic rings. The molecule has 1 aromatic carbocycles. The molecule has 0 saturated heterocycles. The van der Waals surface area contributed by atoms with E-state index in [1.54, 1.807) is 0 Å². The number of fused-ring (bicyclic) bond motifs is 1. The lowest BCUT2D eigenvalue weighted by atomic mass is 9.77. The van der Waals surface area contributed by atoms with Crippen molar-refractivity contribution < 1.29 is 14.6 Å². The first-order chi connectivity index (χ1) is 9.77. The molecule has 1 aliphatic heterocycles. The van der Waals surface area contributed by atoms with Crippen molar-refractivity contribution >= 4 is 0 Å². The van der Waals surface area contributed by atoms with E-state index in [9.17, 15) is 5.11 Å². The van der Waals surface area contributed by atoms with Crippen molar-refractivity contribution in [3.8, 4) is 5.75 Å². The molecule has 20 heavy (non-hydrogen) atoms. The van der Waals surface area contributed by atoms with E-state index < -0.39 is 11.7 Å². The van der Waals surface area contributed by atoms with Gasteiger partial charge in [0.2, 0.25) is 0 Å². The molecule has 1 saturated carbocycles. The average Bonchev–Trinajstić information content (AvgIpc) is 2.96. The van der Waals surface area contributed by atoms with E-state index in [0.717, 1.165) is 50.0 Å². The van der Waals surface area contributed by atoms with Crippen molar-refractivity contribution in [2.24, 2.45) is 0 Å². The maximum atomic E-state index is 11.0. The second-order valence-electron chi connectivity index (χ2n) is 5.89. The molecule has 0 amide bonds. The SMILES string of the molecule is CCOC1(C(O)c2cccc3c2OCC3)CCCCC1. The summed E-state index contributed by atoms with van der Waals surface area (Å²) in [6, 6.07) is 6.10. The number of aliphatic hydroxyl groups is 1. The summed E-state index contributed by atoms with van der Waals surface area (Å²) in [6.07, 6.45) is 5.73. The third kappa shape index (κ3) is 2.33. The van der Waals surface area contributed by atoms with Gasteiger partial charge in [-0.05, 0) is 25.3 Å². The fraction of sp³-hybridized carbons (Fsp3) is 0.647. The highest BCUT2D eigenvalue weighted by Crippen LogP contribution is 2.45. The number of hydrogen-bond acceptors (Lipinski definition) is 3. The first-order valence-corrected chi connectivity index (χ1v) is 7.83. The molecule has 0 aromatic heterocycles. The Kier molecular flexibility index (Phi) is 3.99.